The molecule has 1 atom stereocenters. The number of nitrogens with zero attached hydrogens (tertiary/aromatic N) is 3. The number of benzene rings is 1. The molecule has 4 rings (SSSR count). The molecule has 2 heterocycles. The third-order valence-corrected chi connectivity index (χ3v) is 6.16. The summed E-state index contributed by atoms with van der Waals surface area (Å²) in [7, 11) is 1.62. The summed E-state index contributed by atoms with van der Waals surface area (Å²) in [5.41, 5.74) is 10.1. The molecule has 1 aromatic carbocycles. The zero-order valence-electron chi connectivity index (χ0n) is 19.5. The lowest BCUT2D eigenvalue weighted by molar-refractivity contribution is 0.113. The Morgan fingerprint density at radius 2 is 1.94 bits per heavy atom. The maximum atomic E-state index is 9.75. The van der Waals surface area contributed by atoms with Crippen LogP contribution < -0.4 is 15.2 Å². The van der Waals surface area contributed by atoms with Crippen LogP contribution in [0.3, 0.4) is 0 Å². The lowest BCUT2D eigenvalue weighted by Crippen LogP contribution is -2.27. The Bertz CT molecular complexity index is 1090. The summed E-state index contributed by atoms with van der Waals surface area (Å²) in [6.45, 7) is 4.34. The number of aromatic nitrogens is 3. The predicted molar refractivity (Wildman–Crippen MR) is 125 cm³/mol. The van der Waals surface area contributed by atoms with Crippen LogP contribution in [0.1, 0.15) is 55.3 Å². The number of aliphatic hydroxyl groups is 1. The fraction of sp³-hybridized carbons (Fsp3) is 0.480. The van der Waals surface area contributed by atoms with Crippen LogP contribution in [0.5, 0.6) is 11.6 Å². The number of ether oxygens (including phenoxy) is 2. The second-order valence-electron chi connectivity index (χ2n) is 8.56. The Morgan fingerprint density at radius 1 is 1.15 bits per heavy atom. The van der Waals surface area contributed by atoms with Gasteiger partial charge >= 0.3 is 0 Å². The van der Waals surface area contributed by atoms with Crippen LogP contribution in [0.2, 0.25) is 0 Å². The Labute approximate surface area is 194 Å². The number of nitrogens with two attached hydrogens (primary N) is 1. The molecule has 1 aliphatic carbocycles. The molecule has 0 spiro atoms. The van der Waals surface area contributed by atoms with Crippen LogP contribution in [0.4, 0.5) is 0 Å². The van der Waals surface area contributed by atoms with Crippen LogP contribution in [-0.2, 0) is 6.42 Å². The minimum Gasteiger partial charge on any atom is -0.490 e. The van der Waals surface area contributed by atoms with Gasteiger partial charge in [0.15, 0.2) is 0 Å². The number of aryl methyl sites for hydroxylation is 2. The Kier molecular flexibility index (Phi) is 7.25. The minimum atomic E-state index is -0.694. The first-order chi connectivity index (χ1) is 16.0. The number of pyridine rings is 1. The molecule has 0 unspecified atom stereocenters. The predicted octanol–water partition coefficient (Wildman–Crippen LogP) is 4.03. The van der Waals surface area contributed by atoms with Gasteiger partial charge in [-0.3, -0.25) is 0 Å². The van der Waals surface area contributed by atoms with Gasteiger partial charge in [-0.1, -0.05) is 24.9 Å². The summed E-state index contributed by atoms with van der Waals surface area (Å²) >= 11 is 0. The van der Waals surface area contributed by atoms with E-state index in [1.165, 1.54) is 12.8 Å². The standard InChI is InChI=1S/C25H32N4O4/c1-4-16-10-18(9-15(2)23(16)32-14-20(30)13-26)24-28-25(33-29-24)19-11-21(17-7-5-6-8-17)27-22(12-19)31-3/h9-12,17,20,30H,4-8,13-14,26H2,1-3H3/t20-/m0/s1. The van der Waals surface area contributed by atoms with Crippen LogP contribution in [0, 0.1) is 6.92 Å². The van der Waals surface area contributed by atoms with Gasteiger partial charge in [-0.05, 0) is 55.5 Å². The van der Waals surface area contributed by atoms with Crippen molar-refractivity contribution in [3.63, 3.8) is 0 Å². The van der Waals surface area contributed by atoms with E-state index < -0.39 is 6.10 Å². The van der Waals surface area contributed by atoms with E-state index in [9.17, 15) is 5.11 Å². The molecule has 2 aromatic heterocycles. The van der Waals surface area contributed by atoms with Crippen molar-refractivity contribution in [2.45, 2.75) is 58.0 Å². The number of hydrogen-bond donors (Lipinski definition) is 2. The number of hydrogen-bond acceptors (Lipinski definition) is 8. The van der Waals surface area contributed by atoms with Gasteiger partial charge in [0.25, 0.3) is 5.89 Å². The minimum absolute atomic E-state index is 0.156. The van der Waals surface area contributed by atoms with Crippen molar-refractivity contribution in [2.24, 2.45) is 5.73 Å². The van der Waals surface area contributed by atoms with E-state index in [-0.39, 0.29) is 13.2 Å². The van der Waals surface area contributed by atoms with E-state index in [4.69, 9.17) is 19.7 Å². The highest BCUT2D eigenvalue weighted by atomic mass is 16.5. The van der Waals surface area contributed by atoms with E-state index in [1.807, 2.05) is 31.2 Å². The summed E-state index contributed by atoms with van der Waals surface area (Å²) in [6.07, 6.45) is 4.82. The Morgan fingerprint density at radius 3 is 2.64 bits per heavy atom. The highest BCUT2D eigenvalue weighted by Gasteiger charge is 2.22. The zero-order valence-corrected chi connectivity index (χ0v) is 19.5. The van der Waals surface area contributed by atoms with Crippen molar-refractivity contribution in [3.05, 3.63) is 41.1 Å². The number of rotatable bonds is 9. The van der Waals surface area contributed by atoms with Gasteiger partial charge in [-0.2, -0.15) is 4.98 Å². The Hall–Kier alpha value is -2.97. The fourth-order valence-electron chi connectivity index (χ4n) is 4.34. The summed E-state index contributed by atoms with van der Waals surface area (Å²) in [6, 6.07) is 7.84. The van der Waals surface area contributed by atoms with Crippen LogP contribution >= 0.6 is 0 Å². The molecule has 8 nitrogen and oxygen atoms in total. The topological polar surface area (TPSA) is 117 Å². The molecule has 0 saturated heterocycles. The van der Waals surface area contributed by atoms with Gasteiger partial charge in [-0.15, -0.1) is 0 Å². The molecule has 3 aromatic rings. The van der Waals surface area contributed by atoms with Crippen molar-refractivity contribution in [1.29, 1.82) is 0 Å². The van der Waals surface area contributed by atoms with Crippen molar-refractivity contribution in [1.82, 2.24) is 15.1 Å². The second kappa shape index (κ2) is 10.3. The molecule has 0 bridgehead atoms. The normalized spacial score (nSPS) is 15.1. The average Bonchev–Trinajstić information content (AvgIpc) is 3.55. The van der Waals surface area contributed by atoms with E-state index in [1.54, 1.807) is 7.11 Å². The molecule has 1 fully saturated rings. The van der Waals surface area contributed by atoms with Gasteiger partial charge in [0.1, 0.15) is 18.5 Å². The monoisotopic (exact) mass is 452 g/mol. The molecular formula is C25H32N4O4. The first kappa shape index (κ1) is 23.2. The maximum Gasteiger partial charge on any atom is 0.258 e. The van der Waals surface area contributed by atoms with Crippen molar-refractivity contribution in [2.75, 3.05) is 20.3 Å². The maximum absolute atomic E-state index is 9.75. The van der Waals surface area contributed by atoms with Gasteiger partial charge < -0.3 is 24.8 Å². The lowest BCUT2D eigenvalue weighted by atomic mass is 10.0. The number of aliphatic hydroxyl groups excluding tert-OH is 1. The summed E-state index contributed by atoms with van der Waals surface area (Å²) in [4.78, 5) is 9.32. The van der Waals surface area contributed by atoms with Gasteiger partial charge in [0.05, 0.1) is 7.11 Å². The fourth-order valence-corrected chi connectivity index (χ4v) is 4.34. The first-order valence-corrected chi connectivity index (χ1v) is 11.6. The summed E-state index contributed by atoms with van der Waals surface area (Å²) in [5.74, 6) is 2.71. The highest BCUT2D eigenvalue weighted by molar-refractivity contribution is 5.64. The molecule has 8 heteroatoms. The van der Waals surface area contributed by atoms with Crippen LogP contribution in [0.15, 0.2) is 28.8 Å². The van der Waals surface area contributed by atoms with Crippen LogP contribution in [-0.4, -0.2) is 46.6 Å². The molecule has 3 N–H and O–H groups in total. The smallest absolute Gasteiger partial charge is 0.258 e. The average molecular weight is 453 g/mol. The van der Waals surface area contributed by atoms with Crippen LogP contribution in [0.25, 0.3) is 22.8 Å². The van der Waals surface area contributed by atoms with E-state index in [0.717, 1.165) is 53.0 Å². The third kappa shape index (κ3) is 5.17. The summed E-state index contributed by atoms with van der Waals surface area (Å²) < 4.78 is 16.9. The molecule has 0 amide bonds. The quantitative estimate of drug-likeness (QED) is 0.500. The molecule has 0 aliphatic heterocycles. The van der Waals surface area contributed by atoms with Gasteiger partial charge in [-0.25, -0.2) is 4.98 Å². The van der Waals surface area contributed by atoms with Crippen molar-refractivity contribution >= 4 is 0 Å². The SMILES string of the molecule is CCc1cc(-c2noc(-c3cc(OC)nc(C4CCCC4)c3)n2)cc(C)c1OC[C@@H](O)CN. The lowest BCUT2D eigenvalue weighted by Gasteiger charge is -2.16. The van der Waals surface area contributed by atoms with E-state index in [2.05, 4.69) is 22.0 Å². The Balaban J connectivity index is 1.63. The molecule has 33 heavy (non-hydrogen) atoms. The van der Waals surface area contributed by atoms with E-state index >= 15 is 0 Å². The number of methoxy groups -OCH3 is 1. The first-order valence-electron chi connectivity index (χ1n) is 11.6. The van der Waals surface area contributed by atoms with Crippen molar-refractivity contribution in [3.8, 4) is 34.5 Å². The van der Waals surface area contributed by atoms with Gasteiger partial charge in [0, 0.05) is 35.3 Å². The third-order valence-electron chi connectivity index (χ3n) is 6.16. The second-order valence-corrected chi connectivity index (χ2v) is 8.56. The highest BCUT2D eigenvalue weighted by Crippen LogP contribution is 2.36. The van der Waals surface area contributed by atoms with Crippen molar-refractivity contribution < 1.29 is 19.1 Å². The summed E-state index contributed by atoms with van der Waals surface area (Å²) in [5, 5.41) is 14.0. The molecule has 0 radical (unpaired) electrons. The van der Waals surface area contributed by atoms with E-state index in [0.29, 0.717) is 23.5 Å². The molecular weight excluding hydrogens is 420 g/mol. The molecule has 176 valence electrons. The largest absolute Gasteiger partial charge is 0.490 e. The molecule has 1 saturated carbocycles. The van der Waals surface area contributed by atoms with Gasteiger partial charge in [0.2, 0.25) is 11.7 Å². The zero-order chi connectivity index (χ0) is 23.4. The molecule has 1 aliphatic rings.